The fraction of sp³-hybridized carbons (Fsp3) is 0.524. The summed E-state index contributed by atoms with van der Waals surface area (Å²) in [6.07, 6.45) is 3.86. The van der Waals surface area contributed by atoms with E-state index < -0.39 is 0 Å². The van der Waals surface area contributed by atoms with Gasteiger partial charge < -0.3 is 15.4 Å². The number of morpholine rings is 1. The number of aryl methyl sites for hydroxylation is 1. The molecule has 8 heteroatoms. The second kappa shape index (κ2) is 11.2. The monoisotopic (exact) mass is 419 g/mol. The van der Waals surface area contributed by atoms with Crippen molar-refractivity contribution in [3.8, 4) is 0 Å². The molecule has 1 aliphatic rings. The fourth-order valence-corrected chi connectivity index (χ4v) is 4.22. The van der Waals surface area contributed by atoms with Gasteiger partial charge in [-0.25, -0.2) is 9.37 Å². The number of thiazole rings is 1. The molecular weight excluding hydrogens is 389 g/mol. The van der Waals surface area contributed by atoms with Crippen LogP contribution in [0.4, 0.5) is 4.39 Å². The highest BCUT2D eigenvalue weighted by Crippen LogP contribution is 2.21. The Hall–Kier alpha value is -2.03. The first-order chi connectivity index (χ1) is 14.2. The molecule has 158 valence electrons. The molecule has 2 N–H and O–H groups in total. The van der Waals surface area contributed by atoms with E-state index in [9.17, 15) is 4.39 Å². The van der Waals surface area contributed by atoms with Crippen LogP contribution in [0.5, 0.6) is 0 Å². The Labute approximate surface area is 176 Å². The van der Waals surface area contributed by atoms with Crippen LogP contribution in [-0.2, 0) is 17.6 Å². The number of rotatable bonds is 8. The minimum absolute atomic E-state index is 0.129. The molecule has 0 aliphatic carbocycles. The molecule has 0 spiro atoms. The summed E-state index contributed by atoms with van der Waals surface area (Å²) < 4.78 is 18.9. The van der Waals surface area contributed by atoms with Gasteiger partial charge in [0, 0.05) is 50.7 Å². The van der Waals surface area contributed by atoms with Crippen LogP contribution < -0.4 is 10.6 Å². The van der Waals surface area contributed by atoms with Crippen molar-refractivity contribution >= 4 is 17.3 Å². The van der Waals surface area contributed by atoms with Crippen molar-refractivity contribution < 1.29 is 9.13 Å². The number of benzene rings is 1. The minimum Gasteiger partial charge on any atom is -0.379 e. The van der Waals surface area contributed by atoms with Crippen LogP contribution in [0.1, 0.15) is 28.4 Å². The third-order valence-electron chi connectivity index (χ3n) is 5.01. The van der Waals surface area contributed by atoms with Crippen LogP contribution in [0.15, 0.2) is 35.5 Å². The molecule has 1 saturated heterocycles. The molecule has 1 unspecified atom stereocenters. The lowest BCUT2D eigenvalue weighted by molar-refractivity contribution is 0.0170. The molecule has 1 atom stereocenters. The first-order valence-electron chi connectivity index (χ1n) is 10.1. The van der Waals surface area contributed by atoms with E-state index in [4.69, 9.17) is 4.74 Å². The lowest BCUT2D eigenvalue weighted by Gasteiger charge is -2.35. The second-order valence-electron chi connectivity index (χ2n) is 6.92. The summed E-state index contributed by atoms with van der Waals surface area (Å²) in [5, 5.41) is 7.94. The number of hydrogen-bond donors (Lipinski definition) is 2. The zero-order valence-corrected chi connectivity index (χ0v) is 18.0. The highest BCUT2D eigenvalue weighted by Gasteiger charge is 2.23. The number of hydrogen-bond acceptors (Lipinski definition) is 5. The Balaban J connectivity index is 1.55. The van der Waals surface area contributed by atoms with E-state index in [1.165, 1.54) is 17.0 Å². The molecule has 0 bridgehead atoms. The van der Waals surface area contributed by atoms with E-state index in [0.717, 1.165) is 62.2 Å². The molecule has 0 radical (unpaired) electrons. The van der Waals surface area contributed by atoms with Gasteiger partial charge in [0.25, 0.3) is 0 Å². The van der Waals surface area contributed by atoms with Crippen LogP contribution in [-0.4, -0.2) is 62.3 Å². The Morgan fingerprint density at radius 3 is 2.69 bits per heavy atom. The maximum absolute atomic E-state index is 13.4. The van der Waals surface area contributed by atoms with Gasteiger partial charge in [-0.3, -0.25) is 9.89 Å². The Bertz CT molecular complexity index is 774. The van der Waals surface area contributed by atoms with Crippen molar-refractivity contribution in [2.24, 2.45) is 4.99 Å². The largest absolute Gasteiger partial charge is 0.379 e. The van der Waals surface area contributed by atoms with Gasteiger partial charge in [0.2, 0.25) is 0 Å². The molecule has 1 aromatic heterocycles. The average molecular weight is 420 g/mol. The predicted octanol–water partition coefficient (Wildman–Crippen LogP) is 2.63. The molecule has 1 aromatic carbocycles. The van der Waals surface area contributed by atoms with Gasteiger partial charge in [-0.2, -0.15) is 0 Å². The first-order valence-corrected chi connectivity index (χ1v) is 11.0. The molecule has 6 nitrogen and oxygen atoms in total. The lowest BCUT2D eigenvalue weighted by Crippen LogP contribution is -2.46. The molecule has 0 amide bonds. The van der Waals surface area contributed by atoms with Gasteiger partial charge in [0.15, 0.2) is 5.96 Å². The third-order valence-corrected chi connectivity index (χ3v) is 6.21. The summed E-state index contributed by atoms with van der Waals surface area (Å²) >= 11 is 1.77. The number of nitrogens with one attached hydrogen (secondary N) is 2. The van der Waals surface area contributed by atoms with E-state index in [2.05, 4.69) is 32.4 Å². The molecule has 2 aromatic rings. The zero-order chi connectivity index (χ0) is 20.5. The Morgan fingerprint density at radius 1 is 1.28 bits per heavy atom. The van der Waals surface area contributed by atoms with Crippen LogP contribution in [0.3, 0.4) is 0 Å². The van der Waals surface area contributed by atoms with Gasteiger partial charge in [0.1, 0.15) is 5.82 Å². The first kappa shape index (κ1) is 21.7. The van der Waals surface area contributed by atoms with Crippen LogP contribution >= 0.6 is 11.3 Å². The van der Waals surface area contributed by atoms with E-state index in [0.29, 0.717) is 6.54 Å². The van der Waals surface area contributed by atoms with Gasteiger partial charge in [-0.05, 0) is 24.1 Å². The molecule has 1 aliphatic heterocycles. The molecule has 29 heavy (non-hydrogen) atoms. The number of nitrogens with zero attached hydrogens (tertiary/aromatic N) is 3. The number of aromatic nitrogens is 1. The van der Waals surface area contributed by atoms with Gasteiger partial charge >= 0.3 is 0 Å². The summed E-state index contributed by atoms with van der Waals surface area (Å²) in [7, 11) is 1.77. The lowest BCUT2D eigenvalue weighted by atomic mass is 10.0. The maximum Gasteiger partial charge on any atom is 0.191 e. The summed E-state index contributed by atoms with van der Waals surface area (Å²) in [5.74, 6) is 0.547. The zero-order valence-electron chi connectivity index (χ0n) is 17.2. The standard InChI is InChI=1S/C21H30FN5OS/c1-3-18-14-25-20(29-18)8-9-24-21(23-2)26-15-19(27-10-12-28-13-11-27)16-4-6-17(22)7-5-16/h4-7,14,19H,3,8-13,15H2,1-2H3,(H2,23,24,26). The van der Waals surface area contributed by atoms with Gasteiger partial charge in [-0.15, -0.1) is 11.3 Å². The van der Waals surface area contributed by atoms with Crippen molar-refractivity contribution in [1.82, 2.24) is 20.5 Å². The van der Waals surface area contributed by atoms with Crippen LogP contribution in [0, 0.1) is 5.82 Å². The SMILES string of the molecule is CCc1cnc(CCNC(=NC)NCC(c2ccc(F)cc2)N2CCOCC2)s1. The normalized spacial score (nSPS) is 16.6. The topological polar surface area (TPSA) is 61.8 Å². The Kier molecular flexibility index (Phi) is 8.39. The fourth-order valence-electron chi connectivity index (χ4n) is 3.36. The molecule has 1 fully saturated rings. The van der Waals surface area contributed by atoms with Crippen LogP contribution in [0.2, 0.25) is 0 Å². The number of guanidine groups is 1. The highest BCUT2D eigenvalue weighted by atomic mass is 32.1. The molecule has 3 rings (SSSR count). The van der Waals surface area contributed by atoms with Gasteiger partial charge in [-0.1, -0.05) is 19.1 Å². The Morgan fingerprint density at radius 2 is 2.03 bits per heavy atom. The smallest absolute Gasteiger partial charge is 0.191 e. The minimum atomic E-state index is -0.215. The van der Waals surface area contributed by atoms with E-state index in [1.807, 2.05) is 18.3 Å². The van der Waals surface area contributed by atoms with Crippen LogP contribution in [0.25, 0.3) is 0 Å². The average Bonchev–Trinajstić information content (AvgIpc) is 3.22. The molecule has 2 heterocycles. The van der Waals surface area contributed by atoms with Crippen molar-refractivity contribution in [2.75, 3.05) is 46.4 Å². The van der Waals surface area contributed by atoms with Crippen molar-refractivity contribution in [1.29, 1.82) is 0 Å². The summed E-state index contributed by atoms with van der Waals surface area (Å²) in [4.78, 5) is 12.5. The summed E-state index contributed by atoms with van der Waals surface area (Å²) in [6, 6.07) is 6.90. The maximum atomic E-state index is 13.4. The summed E-state index contributed by atoms with van der Waals surface area (Å²) in [5.41, 5.74) is 1.09. The van der Waals surface area contributed by atoms with Crippen molar-refractivity contribution in [3.63, 3.8) is 0 Å². The van der Waals surface area contributed by atoms with Crippen molar-refractivity contribution in [2.45, 2.75) is 25.8 Å². The molecular formula is C21H30FN5OS. The third kappa shape index (κ3) is 6.48. The van der Waals surface area contributed by atoms with E-state index in [-0.39, 0.29) is 11.9 Å². The quantitative estimate of drug-likeness (QED) is 0.509. The summed E-state index contributed by atoms with van der Waals surface area (Å²) in [6.45, 7) is 6.76. The highest BCUT2D eigenvalue weighted by molar-refractivity contribution is 7.11. The molecule has 0 saturated carbocycles. The number of halogens is 1. The predicted molar refractivity (Wildman–Crippen MR) is 116 cm³/mol. The van der Waals surface area contributed by atoms with E-state index >= 15 is 0 Å². The van der Waals surface area contributed by atoms with Crippen molar-refractivity contribution in [3.05, 3.63) is 51.7 Å². The van der Waals surface area contributed by atoms with Gasteiger partial charge in [0.05, 0.1) is 24.3 Å². The number of aliphatic imine (C=N–C) groups is 1. The second-order valence-corrected chi connectivity index (χ2v) is 8.12. The van der Waals surface area contributed by atoms with E-state index in [1.54, 1.807) is 18.4 Å². The number of ether oxygens (including phenoxy) is 1.